The molecule has 0 saturated heterocycles. The van der Waals surface area contributed by atoms with E-state index in [0.29, 0.717) is 54.0 Å². The van der Waals surface area contributed by atoms with E-state index >= 15 is 0 Å². The lowest BCUT2D eigenvalue weighted by molar-refractivity contribution is 0.0791. The van der Waals surface area contributed by atoms with Gasteiger partial charge < -0.3 is 29.3 Å². The molecule has 192 valence electrons. The number of thiazole rings is 1. The van der Waals surface area contributed by atoms with Gasteiger partial charge in [0.05, 0.1) is 27.4 Å². The molecule has 3 amide bonds. The molecular formula is C26H32N4O5S. The predicted molar refractivity (Wildman–Crippen MR) is 140 cm³/mol. The molecular weight excluding hydrogens is 480 g/mol. The van der Waals surface area contributed by atoms with Crippen LogP contribution in [0.1, 0.15) is 21.1 Å². The number of hydrogen-bond acceptors (Lipinski definition) is 7. The van der Waals surface area contributed by atoms with E-state index in [9.17, 15) is 9.59 Å². The third-order valence-corrected chi connectivity index (χ3v) is 6.34. The number of urea groups is 1. The lowest BCUT2D eigenvalue weighted by Gasteiger charge is -2.21. The minimum atomic E-state index is -0.256. The van der Waals surface area contributed by atoms with Gasteiger partial charge in [-0.05, 0) is 36.2 Å². The lowest BCUT2D eigenvalue weighted by atomic mass is 10.1. The van der Waals surface area contributed by atoms with Gasteiger partial charge >= 0.3 is 6.03 Å². The van der Waals surface area contributed by atoms with Gasteiger partial charge in [0.2, 0.25) is 0 Å². The highest BCUT2D eigenvalue weighted by atomic mass is 32.1. The molecule has 10 heteroatoms. The molecule has 3 rings (SSSR count). The lowest BCUT2D eigenvalue weighted by Crippen LogP contribution is -2.36. The zero-order valence-electron chi connectivity index (χ0n) is 21.0. The van der Waals surface area contributed by atoms with Crippen LogP contribution in [0.4, 0.5) is 10.5 Å². The summed E-state index contributed by atoms with van der Waals surface area (Å²) in [5, 5.41) is 5.29. The van der Waals surface area contributed by atoms with Gasteiger partial charge in [-0.15, -0.1) is 11.3 Å². The molecule has 0 radical (unpaired) electrons. The average molecular weight is 513 g/mol. The highest BCUT2D eigenvalue weighted by Crippen LogP contribution is 2.27. The van der Waals surface area contributed by atoms with E-state index in [1.807, 2.05) is 48.5 Å². The molecule has 0 spiro atoms. The summed E-state index contributed by atoms with van der Waals surface area (Å²) in [5.41, 5.74) is 2.10. The average Bonchev–Trinajstić information content (AvgIpc) is 3.38. The summed E-state index contributed by atoms with van der Waals surface area (Å²) in [7, 11) is 6.53. The third kappa shape index (κ3) is 7.43. The molecule has 0 saturated carbocycles. The molecule has 2 aromatic carbocycles. The minimum Gasteiger partial charge on any atom is -0.493 e. The number of carbonyl (C=O) groups excluding carboxylic acids is 2. The van der Waals surface area contributed by atoms with Crippen molar-refractivity contribution in [2.75, 3.05) is 53.4 Å². The van der Waals surface area contributed by atoms with Crippen molar-refractivity contribution in [3.8, 4) is 11.5 Å². The number of para-hydroxylation sites is 1. The van der Waals surface area contributed by atoms with Crippen LogP contribution >= 0.6 is 11.3 Å². The van der Waals surface area contributed by atoms with Gasteiger partial charge in [-0.25, -0.2) is 9.78 Å². The number of likely N-dealkylation sites (N-methyl/N-ethyl adjacent to an activating group) is 1. The fourth-order valence-corrected chi connectivity index (χ4v) is 4.24. The van der Waals surface area contributed by atoms with Crippen LogP contribution in [0.15, 0.2) is 53.9 Å². The first-order chi connectivity index (χ1) is 17.4. The van der Waals surface area contributed by atoms with Crippen molar-refractivity contribution in [1.29, 1.82) is 0 Å². The first kappa shape index (κ1) is 27.0. The number of methoxy groups -OCH3 is 3. The van der Waals surface area contributed by atoms with Gasteiger partial charge in [-0.1, -0.05) is 24.3 Å². The summed E-state index contributed by atoms with van der Waals surface area (Å²) in [6.45, 7) is 1.57. The van der Waals surface area contributed by atoms with E-state index in [0.717, 1.165) is 5.56 Å². The van der Waals surface area contributed by atoms with Crippen LogP contribution in [0.2, 0.25) is 0 Å². The van der Waals surface area contributed by atoms with Crippen LogP contribution in [0.3, 0.4) is 0 Å². The molecule has 1 heterocycles. The van der Waals surface area contributed by atoms with Crippen LogP contribution in [0, 0.1) is 0 Å². The normalized spacial score (nSPS) is 10.6. The van der Waals surface area contributed by atoms with Crippen molar-refractivity contribution in [3.05, 3.63) is 70.2 Å². The van der Waals surface area contributed by atoms with Gasteiger partial charge in [-0.3, -0.25) is 4.79 Å². The van der Waals surface area contributed by atoms with E-state index in [4.69, 9.17) is 14.2 Å². The van der Waals surface area contributed by atoms with Gasteiger partial charge in [0.15, 0.2) is 11.5 Å². The van der Waals surface area contributed by atoms with Gasteiger partial charge in [-0.2, -0.15) is 0 Å². The number of nitrogens with zero attached hydrogens (tertiary/aromatic N) is 3. The molecule has 9 nitrogen and oxygen atoms in total. The Hall–Kier alpha value is -3.63. The van der Waals surface area contributed by atoms with Crippen LogP contribution in [-0.2, 0) is 17.7 Å². The molecule has 3 aromatic rings. The molecule has 0 atom stereocenters. The molecule has 36 heavy (non-hydrogen) atoms. The van der Waals surface area contributed by atoms with Crippen molar-refractivity contribution in [3.63, 3.8) is 0 Å². The fraction of sp³-hybridized carbons (Fsp3) is 0.346. The van der Waals surface area contributed by atoms with Crippen molar-refractivity contribution in [2.24, 2.45) is 0 Å². The number of amides is 3. The number of hydrogen-bond donors (Lipinski definition) is 1. The van der Waals surface area contributed by atoms with Gasteiger partial charge in [0.1, 0.15) is 10.7 Å². The van der Waals surface area contributed by atoms with Crippen molar-refractivity contribution < 1.29 is 23.8 Å². The summed E-state index contributed by atoms with van der Waals surface area (Å²) < 4.78 is 15.8. The van der Waals surface area contributed by atoms with Crippen LogP contribution in [-0.4, -0.2) is 74.8 Å². The van der Waals surface area contributed by atoms with Crippen LogP contribution < -0.4 is 14.8 Å². The van der Waals surface area contributed by atoms with E-state index < -0.39 is 0 Å². The second-order valence-electron chi connectivity index (χ2n) is 8.00. The van der Waals surface area contributed by atoms with E-state index in [1.54, 1.807) is 43.6 Å². The largest absolute Gasteiger partial charge is 0.493 e. The zero-order chi connectivity index (χ0) is 25.9. The Kier molecular flexibility index (Phi) is 10.1. The number of anilines is 1. The molecule has 0 aliphatic carbocycles. The van der Waals surface area contributed by atoms with E-state index in [1.165, 1.54) is 11.3 Å². The number of carbonyl (C=O) groups is 2. The Morgan fingerprint density at radius 1 is 1.00 bits per heavy atom. The number of ether oxygens (including phenoxy) is 3. The first-order valence-corrected chi connectivity index (χ1v) is 12.3. The van der Waals surface area contributed by atoms with Crippen LogP contribution in [0.5, 0.6) is 11.5 Å². The summed E-state index contributed by atoms with van der Waals surface area (Å²) >= 11 is 1.35. The quantitative estimate of drug-likeness (QED) is 0.392. The first-order valence-electron chi connectivity index (χ1n) is 11.5. The van der Waals surface area contributed by atoms with Gasteiger partial charge in [0.25, 0.3) is 5.91 Å². The molecule has 1 N–H and O–H groups in total. The Balaban J connectivity index is 1.60. The van der Waals surface area contributed by atoms with Crippen molar-refractivity contribution >= 4 is 29.0 Å². The number of benzene rings is 2. The van der Waals surface area contributed by atoms with Gasteiger partial charge in [0, 0.05) is 38.3 Å². The topological polar surface area (TPSA) is 93.2 Å². The Bertz CT molecular complexity index is 1140. The minimum absolute atomic E-state index is 0.171. The maximum atomic E-state index is 12.9. The highest BCUT2D eigenvalue weighted by Gasteiger charge is 2.19. The summed E-state index contributed by atoms with van der Waals surface area (Å²) in [4.78, 5) is 33.5. The molecule has 0 aliphatic rings. The van der Waals surface area contributed by atoms with Crippen molar-refractivity contribution in [2.45, 2.75) is 13.0 Å². The third-order valence-electron chi connectivity index (χ3n) is 5.51. The number of aromatic nitrogens is 1. The summed E-state index contributed by atoms with van der Waals surface area (Å²) in [6, 6.07) is 14.7. The SMILES string of the molecule is COCCN(Cc1nc(C(=O)N(C)CCc2ccc(OC)c(OC)c2)cs1)C(=O)Nc1ccccc1. The molecule has 1 aromatic heterocycles. The number of nitrogens with one attached hydrogen (secondary N) is 1. The predicted octanol–water partition coefficient (Wildman–Crippen LogP) is 4.16. The second kappa shape index (κ2) is 13.5. The molecule has 0 bridgehead atoms. The van der Waals surface area contributed by atoms with E-state index in [-0.39, 0.29) is 18.5 Å². The van der Waals surface area contributed by atoms with Crippen LogP contribution in [0.25, 0.3) is 0 Å². The standard InChI is InChI=1S/C26H32N4O5S/c1-29(13-12-19-10-11-22(34-3)23(16-19)35-4)25(31)21-18-36-24(28-21)17-30(14-15-33-2)26(32)27-20-8-6-5-7-9-20/h5-11,16,18H,12-15,17H2,1-4H3,(H,27,32). The Labute approximate surface area is 215 Å². The zero-order valence-corrected chi connectivity index (χ0v) is 21.8. The fourth-order valence-electron chi connectivity index (χ4n) is 3.45. The number of rotatable bonds is 12. The van der Waals surface area contributed by atoms with Crippen molar-refractivity contribution in [1.82, 2.24) is 14.8 Å². The maximum absolute atomic E-state index is 12.9. The highest BCUT2D eigenvalue weighted by molar-refractivity contribution is 7.09. The summed E-state index contributed by atoms with van der Waals surface area (Å²) in [5.74, 6) is 1.15. The Morgan fingerprint density at radius 3 is 2.44 bits per heavy atom. The Morgan fingerprint density at radius 2 is 1.75 bits per heavy atom. The summed E-state index contributed by atoms with van der Waals surface area (Å²) in [6.07, 6.45) is 0.657. The molecule has 0 fully saturated rings. The molecule has 0 unspecified atom stereocenters. The second-order valence-corrected chi connectivity index (χ2v) is 8.95. The monoisotopic (exact) mass is 512 g/mol. The maximum Gasteiger partial charge on any atom is 0.322 e. The van der Waals surface area contributed by atoms with E-state index in [2.05, 4.69) is 10.3 Å². The smallest absolute Gasteiger partial charge is 0.322 e. The molecule has 0 aliphatic heterocycles.